The van der Waals surface area contributed by atoms with Crippen LogP contribution in [0.5, 0.6) is 0 Å². The molecule has 1 saturated heterocycles. The Labute approximate surface area is 75.8 Å². The zero-order chi connectivity index (χ0) is 9.84. The number of hydrogen-bond donors (Lipinski definition) is 2. The SMILES string of the molecule is CC1O[C@H](CO)C(N=[N+]=[N-])C1CO. The van der Waals surface area contributed by atoms with Crippen molar-refractivity contribution in [3.63, 3.8) is 0 Å². The summed E-state index contributed by atoms with van der Waals surface area (Å²) < 4.78 is 5.30. The van der Waals surface area contributed by atoms with Gasteiger partial charge in [0.2, 0.25) is 0 Å². The zero-order valence-electron chi connectivity index (χ0n) is 7.37. The predicted molar refractivity (Wildman–Crippen MR) is 44.9 cm³/mol. The van der Waals surface area contributed by atoms with Gasteiger partial charge in [0.1, 0.15) is 0 Å². The first-order valence-corrected chi connectivity index (χ1v) is 4.16. The van der Waals surface area contributed by atoms with Crippen LogP contribution >= 0.6 is 0 Å². The van der Waals surface area contributed by atoms with Crippen molar-refractivity contribution in [2.24, 2.45) is 11.0 Å². The molecule has 6 nitrogen and oxygen atoms in total. The number of nitrogens with zero attached hydrogens (tertiary/aromatic N) is 3. The van der Waals surface area contributed by atoms with Crippen molar-refractivity contribution in [3.8, 4) is 0 Å². The van der Waals surface area contributed by atoms with Crippen LogP contribution in [-0.4, -0.2) is 41.7 Å². The summed E-state index contributed by atoms with van der Waals surface area (Å²) in [5.41, 5.74) is 8.28. The monoisotopic (exact) mass is 187 g/mol. The summed E-state index contributed by atoms with van der Waals surface area (Å²) in [6, 6.07) is -0.463. The van der Waals surface area contributed by atoms with Gasteiger partial charge in [0.25, 0.3) is 0 Å². The number of azide groups is 1. The summed E-state index contributed by atoms with van der Waals surface area (Å²) in [5, 5.41) is 21.4. The van der Waals surface area contributed by atoms with Crippen LogP contribution in [0.25, 0.3) is 10.4 Å². The van der Waals surface area contributed by atoms with E-state index in [9.17, 15) is 0 Å². The standard InChI is InChI=1S/C7H13N3O3/c1-4-5(2-11)7(9-10-8)6(3-12)13-4/h4-7,11-12H,2-3H2,1H3/t4?,5?,6-,7?/m1/s1. The minimum atomic E-state index is -0.483. The van der Waals surface area contributed by atoms with Crippen LogP contribution in [-0.2, 0) is 4.74 Å². The van der Waals surface area contributed by atoms with E-state index in [4.69, 9.17) is 20.5 Å². The smallest absolute Gasteiger partial charge is 0.0898 e. The lowest BCUT2D eigenvalue weighted by molar-refractivity contribution is 0.00793. The maximum absolute atomic E-state index is 9.00. The molecule has 0 aliphatic carbocycles. The molecule has 0 spiro atoms. The fraction of sp³-hybridized carbons (Fsp3) is 1.00. The highest BCUT2D eigenvalue weighted by Crippen LogP contribution is 2.28. The van der Waals surface area contributed by atoms with Gasteiger partial charge in [-0.2, -0.15) is 0 Å². The van der Waals surface area contributed by atoms with Gasteiger partial charge in [-0.1, -0.05) is 5.11 Å². The van der Waals surface area contributed by atoms with Crippen molar-refractivity contribution in [2.75, 3.05) is 13.2 Å². The van der Waals surface area contributed by atoms with Crippen LogP contribution in [0.3, 0.4) is 0 Å². The van der Waals surface area contributed by atoms with E-state index in [-0.39, 0.29) is 25.2 Å². The third kappa shape index (κ3) is 1.92. The molecule has 0 radical (unpaired) electrons. The Morgan fingerprint density at radius 2 is 2.15 bits per heavy atom. The Morgan fingerprint density at radius 1 is 1.46 bits per heavy atom. The lowest BCUT2D eigenvalue weighted by atomic mass is 9.96. The van der Waals surface area contributed by atoms with Gasteiger partial charge in [0, 0.05) is 17.4 Å². The summed E-state index contributed by atoms with van der Waals surface area (Å²) >= 11 is 0. The van der Waals surface area contributed by atoms with Crippen LogP contribution < -0.4 is 0 Å². The van der Waals surface area contributed by atoms with Gasteiger partial charge in [-0.3, -0.25) is 0 Å². The lowest BCUT2D eigenvalue weighted by Gasteiger charge is -2.14. The fourth-order valence-electron chi connectivity index (χ4n) is 1.64. The molecule has 4 atom stereocenters. The molecule has 2 N–H and O–H groups in total. The largest absolute Gasteiger partial charge is 0.396 e. The Hall–Kier alpha value is -0.810. The molecule has 1 fully saturated rings. The van der Waals surface area contributed by atoms with Gasteiger partial charge < -0.3 is 14.9 Å². The molecule has 6 heteroatoms. The fourth-order valence-corrected chi connectivity index (χ4v) is 1.64. The molecular formula is C7H13N3O3. The third-order valence-corrected chi connectivity index (χ3v) is 2.39. The molecule has 1 aliphatic rings. The van der Waals surface area contributed by atoms with Crippen molar-refractivity contribution in [2.45, 2.75) is 25.2 Å². The molecule has 0 aromatic carbocycles. The van der Waals surface area contributed by atoms with E-state index in [1.54, 1.807) is 6.92 Å². The number of aliphatic hydroxyl groups excluding tert-OH is 2. The van der Waals surface area contributed by atoms with Crippen LogP contribution in [0.4, 0.5) is 0 Å². The summed E-state index contributed by atoms with van der Waals surface area (Å²) in [4.78, 5) is 2.67. The molecule has 1 rings (SSSR count). The van der Waals surface area contributed by atoms with Gasteiger partial charge in [-0.25, -0.2) is 0 Å². The number of hydrogen-bond acceptors (Lipinski definition) is 4. The first-order valence-electron chi connectivity index (χ1n) is 4.16. The Kier molecular flexibility index (Phi) is 3.50. The molecular weight excluding hydrogens is 174 g/mol. The minimum absolute atomic E-state index is 0.0959. The van der Waals surface area contributed by atoms with Crippen LogP contribution in [0, 0.1) is 5.92 Å². The predicted octanol–water partition coefficient (Wildman–Crippen LogP) is 0.0534. The van der Waals surface area contributed by atoms with E-state index in [2.05, 4.69) is 10.0 Å². The maximum Gasteiger partial charge on any atom is 0.0898 e. The van der Waals surface area contributed by atoms with Crippen molar-refractivity contribution in [1.29, 1.82) is 0 Å². The molecule has 0 bridgehead atoms. The summed E-state index contributed by atoms with van der Waals surface area (Å²) in [6.07, 6.45) is -0.666. The van der Waals surface area contributed by atoms with Gasteiger partial charge >= 0.3 is 0 Å². The first-order chi connectivity index (χ1) is 6.24. The maximum atomic E-state index is 9.00. The molecule has 0 amide bonds. The normalized spacial score (nSPS) is 38.7. The summed E-state index contributed by atoms with van der Waals surface area (Å²) in [6.45, 7) is 1.50. The zero-order valence-corrected chi connectivity index (χ0v) is 7.37. The third-order valence-electron chi connectivity index (χ3n) is 2.39. The molecule has 1 heterocycles. The van der Waals surface area contributed by atoms with E-state index in [0.29, 0.717) is 0 Å². The average Bonchev–Trinajstić information content (AvgIpc) is 2.43. The lowest BCUT2D eigenvalue weighted by Crippen LogP contribution is -2.29. The molecule has 0 aromatic rings. The van der Waals surface area contributed by atoms with E-state index in [1.807, 2.05) is 0 Å². The van der Waals surface area contributed by atoms with Crippen molar-refractivity contribution in [1.82, 2.24) is 0 Å². The second-order valence-electron chi connectivity index (χ2n) is 3.10. The van der Waals surface area contributed by atoms with E-state index in [0.717, 1.165) is 0 Å². The Balaban J connectivity index is 2.77. The molecule has 13 heavy (non-hydrogen) atoms. The van der Waals surface area contributed by atoms with Gasteiger partial charge in [-0.05, 0) is 12.5 Å². The number of rotatable bonds is 3. The van der Waals surface area contributed by atoms with Gasteiger partial charge in [0.05, 0.1) is 24.9 Å². The summed E-state index contributed by atoms with van der Waals surface area (Å²) in [7, 11) is 0. The van der Waals surface area contributed by atoms with Crippen molar-refractivity contribution in [3.05, 3.63) is 10.4 Å². The van der Waals surface area contributed by atoms with Crippen LogP contribution in [0.15, 0.2) is 5.11 Å². The van der Waals surface area contributed by atoms with Crippen molar-refractivity contribution >= 4 is 0 Å². The van der Waals surface area contributed by atoms with E-state index in [1.165, 1.54) is 0 Å². The van der Waals surface area contributed by atoms with Gasteiger partial charge in [0.15, 0.2) is 0 Å². The van der Waals surface area contributed by atoms with Crippen LogP contribution in [0.1, 0.15) is 6.92 Å². The van der Waals surface area contributed by atoms with Crippen LogP contribution in [0.2, 0.25) is 0 Å². The quantitative estimate of drug-likeness (QED) is 0.371. The average molecular weight is 187 g/mol. The highest BCUT2D eigenvalue weighted by Gasteiger charge is 2.40. The van der Waals surface area contributed by atoms with Crippen molar-refractivity contribution < 1.29 is 14.9 Å². The summed E-state index contributed by atoms with van der Waals surface area (Å²) in [5.74, 6) is -0.215. The highest BCUT2D eigenvalue weighted by molar-refractivity contribution is 4.93. The minimum Gasteiger partial charge on any atom is -0.396 e. The molecule has 1 aliphatic heterocycles. The van der Waals surface area contributed by atoms with Gasteiger partial charge in [-0.15, -0.1) is 0 Å². The first kappa shape index (κ1) is 10.3. The molecule has 3 unspecified atom stereocenters. The second kappa shape index (κ2) is 4.43. The van der Waals surface area contributed by atoms with E-state index >= 15 is 0 Å². The molecule has 0 aromatic heterocycles. The number of aliphatic hydroxyl groups is 2. The number of ether oxygens (including phenoxy) is 1. The topological polar surface area (TPSA) is 98.5 Å². The Morgan fingerprint density at radius 3 is 2.62 bits per heavy atom. The molecule has 74 valence electrons. The Bertz CT molecular complexity index is 217. The second-order valence-corrected chi connectivity index (χ2v) is 3.10. The molecule has 0 saturated carbocycles. The van der Waals surface area contributed by atoms with E-state index < -0.39 is 12.1 Å². The highest BCUT2D eigenvalue weighted by atomic mass is 16.5.